The van der Waals surface area contributed by atoms with Crippen LogP contribution in [0.5, 0.6) is 0 Å². The lowest BCUT2D eigenvalue weighted by Crippen LogP contribution is -2.48. The lowest BCUT2D eigenvalue weighted by atomic mass is 9.76. The van der Waals surface area contributed by atoms with E-state index in [-0.39, 0.29) is 23.5 Å². The van der Waals surface area contributed by atoms with E-state index in [1.54, 1.807) is 6.20 Å². The Morgan fingerprint density at radius 1 is 1.44 bits per heavy atom. The van der Waals surface area contributed by atoms with Crippen LogP contribution in [0.1, 0.15) is 27.7 Å². The van der Waals surface area contributed by atoms with Crippen LogP contribution in [-0.4, -0.2) is 68.3 Å². The second-order valence-electron chi connectivity index (χ2n) is 8.68. The minimum Gasteiger partial charge on any atom is -0.360 e. The normalized spacial score (nSPS) is 31.6. The van der Waals surface area contributed by atoms with Gasteiger partial charge in [0.2, 0.25) is 11.8 Å². The Morgan fingerprint density at radius 2 is 2.22 bits per heavy atom. The Kier molecular flexibility index (Phi) is 4.18. The molecule has 0 saturated carbocycles. The Bertz CT molecular complexity index is 767. The zero-order valence-electron chi connectivity index (χ0n) is 16.5. The fourth-order valence-corrected chi connectivity index (χ4v) is 4.64. The summed E-state index contributed by atoms with van der Waals surface area (Å²) in [5.41, 5.74) is -0.930. The first-order valence-electron chi connectivity index (χ1n) is 9.72. The van der Waals surface area contributed by atoms with Crippen molar-refractivity contribution < 1.29 is 14.3 Å². The minimum absolute atomic E-state index is 0.00925. The summed E-state index contributed by atoms with van der Waals surface area (Å²) >= 11 is 0. The zero-order valence-corrected chi connectivity index (χ0v) is 16.5. The molecule has 0 N–H and O–H groups in total. The molecule has 1 aromatic rings. The number of nitrogens with zero attached hydrogens (tertiary/aromatic N) is 4. The molecule has 146 valence electrons. The molecule has 4 atom stereocenters. The van der Waals surface area contributed by atoms with Gasteiger partial charge in [-0.15, -0.1) is 0 Å². The van der Waals surface area contributed by atoms with Crippen molar-refractivity contribution in [1.29, 1.82) is 0 Å². The molecule has 4 rings (SSSR count). The molecule has 3 aliphatic heterocycles. The monoisotopic (exact) mass is 372 g/mol. The second kappa shape index (κ2) is 6.19. The van der Waals surface area contributed by atoms with E-state index < -0.39 is 17.4 Å². The van der Waals surface area contributed by atoms with Crippen molar-refractivity contribution in [3.05, 3.63) is 30.6 Å². The molecule has 0 radical (unpaired) electrons. The molecule has 2 saturated heterocycles. The van der Waals surface area contributed by atoms with Crippen molar-refractivity contribution >= 4 is 11.8 Å². The van der Waals surface area contributed by atoms with Crippen molar-refractivity contribution in [2.45, 2.75) is 51.5 Å². The average molecular weight is 372 g/mol. The number of hydrogen-bond donors (Lipinski definition) is 0. The number of hydrogen-bond acceptors (Lipinski definition) is 4. The highest BCUT2D eigenvalue weighted by Crippen LogP contribution is 2.53. The predicted molar refractivity (Wildman–Crippen MR) is 99.7 cm³/mol. The molecular weight excluding hydrogens is 344 g/mol. The highest BCUT2D eigenvalue weighted by molar-refractivity contribution is 5.93. The summed E-state index contributed by atoms with van der Waals surface area (Å²) in [5, 5.41) is 4.20. The number of fused-ring (bicyclic) bond motifs is 1. The van der Waals surface area contributed by atoms with Crippen LogP contribution in [0.2, 0.25) is 0 Å². The topological polar surface area (TPSA) is 67.7 Å². The molecule has 2 bridgehead atoms. The quantitative estimate of drug-likeness (QED) is 0.731. The van der Waals surface area contributed by atoms with Gasteiger partial charge in [0.25, 0.3) is 0 Å². The first-order valence-corrected chi connectivity index (χ1v) is 9.72. The summed E-state index contributed by atoms with van der Waals surface area (Å²) < 4.78 is 8.04. The molecule has 4 heterocycles. The van der Waals surface area contributed by atoms with Crippen molar-refractivity contribution in [2.24, 2.45) is 11.8 Å². The fraction of sp³-hybridized carbons (Fsp3) is 0.650. The predicted octanol–water partition coefficient (Wildman–Crippen LogP) is 1.31. The highest BCUT2D eigenvalue weighted by atomic mass is 16.5. The number of likely N-dealkylation sites (tertiary alicyclic amines) is 1. The highest BCUT2D eigenvalue weighted by Gasteiger charge is 2.68. The molecule has 4 unspecified atom stereocenters. The van der Waals surface area contributed by atoms with Crippen LogP contribution in [0.3, 0.4) is 0 Å². The number of aromatic nitrogens is 2. The van der Waals surface area contributed by atoms with Gasteiger partial charge in [-0.3, -0.25) is 14.3 Å². The summed E-state index contributed by atoms with van der Waals surface area (Å²) in [6.07, 6.45) is 7.30. The van der Waals surface area contributed by atoms with E-state index in [1.807, 2.05) is 66.6 Å². The van der Waals surface area contributed by atoms with Crippen molar-refractivity contribution in [2.75, 3.05) is 19.6 Å². The van der Waals surface area contributed by atoms with Crippen LogP contribution in [0.25, 0.3) is 0 Å². The van der Waals surface area contributed by atoms with E-state index in [9.17, 15) is 9.59 Å². The van der Waals surface area contributed by atoms with E-state index in [4.69, 9.17) is 4.74 Å². The Balaban J connectivity index is 1.55. The lowest BCUT2D eigenvalue weighted by Gasteiger charge is -2.34. The SMILES string of the molecule is CCN(CCn1cccn1)C(=O)C1C2C=CC3(CN(C(C)(C)C)C(=O)C13)O2. The maximum atomic E-state index is 13.4. The average Bonchev–Trinajstić information content (AvgIpc) is 3.36. The van der Waals surface area contributed by atoms with Crippen LogP contribution >= 0.6 is 0 Å². The van der Waals surface area contributed by atoms with Gasteiger partial charge in [-0.2, -0.15) is 5.10 Å². The van der Waals surface area contributed by atoms with Gasteiger partial charge in [0.05, 0.1) is 31.0 Å². The maximum absolute atomic E-state index is 13.4. The zero-order chi connectivity index (χ0) is 19.4. The largest absolute Gasteiger partial charge is 0.360 e. The van der Waals surface area contributed by atoms with Gasteiger partial charge >= 0.3 is 0 Å². The van der Waals surface area contributed by atoms with Gasteiger partial charge < -0.3 is 14.5 Å². The summed E-state index contributed by atoms with van der Waals surface area (Å²) in [7, 11) is 0. The van der Waals surface area contributed by atoms with Gasteiger partial charge in [-0.25, -0.2) is 0 Å². The van der Waals surface area contributed by atoms with Crippen LogP contribution in [0.4, 0.5) is 0 Å². The number of carbonyl (C=O) groups excluding carboxylic acids is 2. The lowest BCUT2D eigenvalue weighted by molar-refractivity contribution is -0.145. The molecule has 7 nitrogen and oxygen atoms in total. The van der Waals surface area contributed by atoms with Gasteiger partial charge in [0.1, 0.15) is 5.60 Å². The number of ether oxygens (including phenoxy) is 1. The van der Waals surface area contributed by atoms with E-state index in [0.717, 1.165) is 0 Å². The third kappa shape index (κ3) is 2.79. The molecule has 3 aliphatic rings. The van der Waals surface area contributed by atoms with Gasteiger partial charge in [-0.05, 0) is 33.8 Å². The van der Waals surface area contributed by atoms with E-state index in [1.165, 1.54) is 0 Å². The minimum atomic E-state index is -0.642. The smallest absolute Gasteiger partial charge is 0.230 e. The van der Waals surface area contributed by atoms with Crippen LogP contribution in [0, 0.1) is 11.8 Å². The Labute approximate surface area is 159 Å². The van der Waals surface area contributed by atoms with Crippen molar-refractivity contribution in [3.63, 3.8) is 0 Å². The molecular formula is C20H28N4O3. The van der Waals surface area contributed by atoms with Crippen molar-refractivity contribution in [3.8, 4) is 0 Å². The summed E-state index contributed by atoms with van der Waals surface area (Å²) in [6, 6.07) is 1.87. The molecule has 1 aromatic heterocycles. The van der Waals surface area contributed by atoms with Crippen LogP contribution in [0.15, 0.2) is 30.6 Å². The van der Waals surface area contributed by atoms with Crippen molar-refractivity contribution in [1.82, 2.24) is 19.6 Å². The fourth-order valence-electron chi connectivity index (χ4n) is 4.64. The molecule has 1 spiro atoms. The van der Waals surface area contributed by atoms with E-state index in [2.05, 4.69) is 5.10 Å². The molecule has 0 aromatic carbocycles. The summed E-state index contributed by atoms with van der Waals surface area (Å²) in [4.78, 5) is 30.3. The van der Waals surface area contributed by atoms with E-state index in [0.29, 0.717) is 26.2 Å². The molecule has 2 fully saturated rings. The van der Waals surface area contributed by atoms with Gasteiger partial charge in [0.15, 0.2) is 0 Å². The van der Waals surface area contributed by atoms with Crippen LogP contribution < -0.4 is 0 Å². The number of rotatable bonds is 5. The standard InChI is InChI=1S/C20H28N4O3/c1-5-22(11-12-23-10-6-9-21-23)17(25)15-14-7-8-20(27-14)13-24(19(2,3)4)18(26)16(15)20/h6-10,14-16H,5,11-13H2,1-4H3. The summed E-state index contributed by atoms with van der Waals surface area (Å²) in [6.45, 7) is 10.4. The molecule has 7 heteroatoms. The summed E-state index contributed by atoms with van der Waals surface area (Å²) in [5.74, 6) is -0.809. The first-order chi connectivity index (χ1) is 12.8. The third-order valence-corrected chi connectivity index (χ3v) is 6.05. The Hall–Kier alpha value is -2.15. The van der Waals surface area contributed by atoms with E-state index >= 15 is 0 Å². The third-order valence-electron chi connectivity index (χ3n) is 6.05. The maximum Gasteiger partial charge on any atom is 0.230 e. The Morgan fingerprint density at radius 3 is 2.85 bits per heavy atom. The molecule has 27 heavy (non-hydrogen) atoms. The number of amides is 2. The molecule has 2 amide bonds. The molecule has 0 aliphatic carbocycles. The number of carbonyl (C=O) groups is 2. The first kappa shape index (κ1) is 18.2. The van der Waals surface area contributed by atoms with Gasteiger partial charge in [0, 0.05) is 31.0 Å². The second-order valence-corrected chi connectivity index (χ2v) is 8.68. The van der Waals surface area contributed by atoms with Gasteiger partial charge in [-0.1, -0.05) is 12.2 Å². The number of likely N-dealkylation sites (N-methyl/N-ethyl adjacent to an activating group) is 1. The van der Waals surface area contributed by atoms with Crippen LogP contribution in [-0.2, 0) is 20.9 Å².